The average molecular weight is 317 g/mol. The number of carbonyl (C=O) groups excluding carboxylic acids is 1. The van der Waals surface area contributed by atoms with Gasteiger partial charge in [-0.25, -0.2) is 8.42 Å². The van der Waals surface area contributed by atoms with E-state index in [2.05, 4.69) is 0 Å². The van der Waals surface area contributed by atoms with Crippen LogP contribution in [0.2, 0.25) is 0 Å². The Morgan fingerprint density at radius 2 is 1.86 bits per heavy atom. The maximum absolute atomic E-state index is 12.6. The summed E-state index contributed by atoms with van der Waals surface area (Å²) in [5.41, 5.74) is -0.140. The monoisotopic (exact) mass is 317 g/mol. The number of nitrogens with zero attached hydrogens (tertiary/aromatic N) is 1. The van der Waals surface area contributed by atoms with Gasteiger partial charge in [0.2, 0.25) is 5.91 Å². The van der Waals surface area contributed by atoms with Gasteiger partial charge in [0, 0.05) is 18.5 Å². The molecule has 1 spiro atoms. The number of aliphatic carboxylic acids is 1. The summed E-state index contributed by atoms with van der Waals surface area (Å²) < 4.78 is 23.0. The number of carboxylic acids is 1. The Bertz CT molecular complexity index is 526. The molecule has 0 aromatic rings. The molecule has 0 aromatic heterocycles. The summed E-state index contributed by atoms with van der Waals surface area (Å²) in [5, 5.41) is 8.78. The number of amides is 1. The molecule has 1 saturated carbocycles. The van der Waals surface area contributed by atoms with Gasteiger partial charge in [0.15, 0.2) is 0 Å². The van der Waals surface area contributed by atoms with Gasteiger partial charge < -0.3 is 10.0 Å². The molecule has 1 saturated heterocycles. The van der Waals surface area contributed by atoms with Crippen molar-refractivity contribution < 1.29 is 23.1 Å². The Morgan fingerprint density at radius 3 is 2.33 bits per heavy atom. The maximum atomic E-state index is 12.6. The number of hydrogen-bond acceptors (Lipinski definition) is 4. The number of hydrogen-bond donors (Lipinski definition) is 1. The molecule has 2 aliphatic rings. The van der Waals surface area contributed by atoms with Gasteiger partial charge in [-0.3, -0.25) is 9.59 Å². The summed E-state index contributed by atoms with van der Waals surface area (Å²) in [6, 6.07) is -0.0400. The molecule has 0 aromatic carbocycles. The van der Waals surface area contributed by atoms with Crippen molar-refractivity contribution in [2.75, 3.05) is 18.1 Å². The minimum atomic E-state index is -2.92. The van der Waals surface area contributed by atoms with Gasteiger partial charge in [0.05, 0.1) is 17.9 Å². The van der Waals surface area contributed by atoms with Gasteiger partial charge in [-0.15, -0.1) is 0 Å². The second-order valence-corrected chi connectivity index (χ2v) is 8.84. The first-order valence-corrected chi connectivity index (χ1v) is 9.22. The van der Waals surface area contributed by atoms with Crippen LogP contribution in [0.4, 0.5) is 0 Å². The molecule has 1 aliphatic heterocycles. The van der Waals surface area contributed by atoms with E-state index in [1.807, 2.05) is 13.8 Å². The summed E-state index contributed by atoms with van der Waals surface area (Å²) in [6.07, 6.45) is 1.82. The predicted octanol–water partition coefficient (Wildman–Crippen LogP) is 0.913. The van der Waals surface area contributed by atoms with Gasteiger partial charge >= 0.3 is 5.97 Å². The highest BCUT2D eigenvalue weighted by atomic mass is 32.2. The van der Waals surface area contributed by atoms with Crippen LogP contribution < -0.4 is 0 Å². The van der Waals surface area contributed by atoms with Crippen LogP contribution in [-0.2, 0) is 19.4 Å². The summed E-state index contributed by atoms with van der Waals surface area (Å²) in [5.74, 6) is -0.696. The quantitative estimate of drug-likeness (QED) is 0.814. The zero-order chi connectivity index (χ0) is 15.8. The van der Waals surface area contributed by atoms with Gasteiger partial charge in [0.1, 0.15) is 9.84 Å². The van der Waals surface area contributed by atoms with E-state index < -0.39 is 15.8 Å². The second kappa shape index (κ2) is 5.59. The third kappa shape index (κ3) is 3.56. The number of sulfone groups is 1. The smallest absolute Gasteiger partial charge is 0.305 e. The zero-order valence-electron chi connectivity index (χ0n) is 12.5. The molecular formula is C14H23NO5S. The molecule has 0 radical (unpaired) electrons. The normalized spacial score (nSPS) is 25.8. The summed E-state index contributed by atoms with van der Waals surface area (Å²) in [7, 11) is -2.92. The van der Waals surface area contributed by atoms with Crippen LogP contribution in [0.15, 0.2) is 0 Å². The number of carboxylic acid groups (broad SMARTS) is 1. The molecule has 1 N–H and O–H groups in total. The average Bonchev–Trinajstić information content (AvgIpc) is 3.07. The molecule has 1 heterocycles. The van der Waals surface area contributed by atoms with E-state index in [1.54, 1.807) is 4.90 Å². The van der Waals surface area contributed by atoms with Crippen molar-refractivity contribution in [1.82, 2.24) is 4.90 Å². The fourth-order valence-corrected chi connectivity index (χ4v) is 4.87. The molecule has 1 amide bonds. The molecule has 0 bridgehead atoms. The third-order valence-corrected chi connectivity index (χ3v) is 6.43. The lowest BCUT2D eigenvalue weighted by atomic mass is 9.95. The van der Waals surface area contributed by atoms with Crippen molar-refractivity contribution in [3.05, 3.63) is 0 Å². The molecular weight excluding hydrogens is 294 g/mol. The molecule has 120 valence electrons. The first kappa shape index (κ1) is 16.3. The summed E-state index contributed by atoms with van der Waals surface area (Å²) >= 11 is 0. The van der Waals surface area contributed by atoms with Crippen LogP contribution in [0, 0.1) is 11.3 Å². The van der Waals surface area contributed by atoms with Crippen molar-refractivity contribution in [2.24, 2.45) is 11.3 Å². The molecule has 2 fully saturated rings. The van der Waals surface area contributed by atoms with E-state index >= 15 is 0 Å². The molecule has 21 heavy (non-hydrogen) atoms. The van der Waals surface area contributed by atoms with Crippen molar-refractivity contribution in [2.45, 2.75) is 45.6 Å². The molecule has 1 aliphatic carbocycles. The lowest BCUT2D eigenvalue weighted by molar-refractivity contribution is -0.139. The minimum Gasteiger partial charge on any atom is -0.481 e. The lowest BCUT2D eigenvalue weighted by Gasteiger charge is -2.29. The fraction of sp³-hybridized carbons (Fsp3) is 0.857. The summed E-state index contributed by atoms with van der Waals surface area (Å²) in [4.78, 5) is 24.9. The van der Waals surface area contributed by atoms with Gasteiger partial charge in [0.25, 0.3) is 0 Å². The summed E-state index contributed by atoms with van der Waals surface area (Å²) in [6.45, 7) is 3.97. The molecule has 1 unspecified atom stereocenters. The Labute approximate surface area is 125 Å². The number of rotatable bonds is 5. The van der Waals surface area contributed by atoms with Crippen molar-refractivity contribution in [3.63, 3.8) is 0 Å². The minimum absolute atomic E-state index is 0.00875. The van der Waals surface area contributed by atoms with Crippen molar-refractivity contribution in [3.8, 4) is 0 Å². The zero-order valence-corrected chi connectivity index (χ0v) is 13.4. The second-order valence-electron chi connectivity index (χ2n) is 6.54. The van der Waals surface area contributed by atoms with E-state index in [0.717, 1.165) is 6.42 Å². The van der Waals surface area contributed by atoms with Gasteiger partial charge in [-0.05, 0) is 38.5 Å². The van der Waals surface area contributed by atoms with E-state index in [0.29, 0.717) is 12.8 Å². The highest BCUT2D eigenvalue weighted by molar-refractivity contribution is 7.91. The van der Waals surface area contributed by atoms with Crippen LogP contribution in [0.5, 0.6) is 0 Å². The van der Waals surface area contributed by atoms with Crippen LogP contribution in [0.25, 0.3) is 0 Å². The van der Waals surface area contributed by atoms with E-state index in [-0.39, 0.29) is 47.8 Å². The standard InChI is InChI=1S/C14H23NO5S/c1-10(2)15(6-3-12(16)17)13(18)11-9-14(11)4-7-21(19,20)8-5-14/h10-11H,3-9H2,1-2H3,(H,16,17). The predicted molar refractivity (Wildman–Crippen MR) is 77.5 cm³/mol. The number of carbonyl (C=O) groups is 2. The molecule has 2 rings (SSSR count). The fourth-order valence-electron chi connectivity index (χ4n) is 3.23. The van der Waals surface area contributed by atoms with Crippen LogP contribution in [0.3, 0.4) is 0 Å². The van der Waals surface area contributed by atoms with E-state index in [9.17, 15) is 18.0 Å². The van der Waals surface area contributed by atoms with E-state index in [4.69, 9.17) is 5.11 Å². The Kier molecular flexibility index (Phi) is 4.33. The van der Waals surface area contributed by atoms with Crippen LogP contribution in [-0.4, -0.2) is 54.4 Å². The molecule has 1 atom stereocenters. The maximum Gasteiger partial charge on any atom is 0.305 e. The Balaban J connectivity index is 1.98. The SMILES string of the molecule is CC(C)N(CCC(=O)O)C(=O)C1CC12CCS(=O)(=O)CC2. The van der Waals surface area contributed by atoms with Crippen LogP contribution in [0.1, 0.15) is 39.5 Å². The Morgan fingerprint density at radius 1 is 1.29 bits per heavy atom. The Hall–Kier alpha value is -1.11. The lowest BCUT2D eigenvalue weighted by Crippen LogP contribution is -2.41. The largest absolute Gasteiger partial charge is 0.481 e. The van der Waals surface area contributed by atoms with Crippen molar-refractivity contribution >= 4 is 21.7 Å². The first-order chi connectivity index (χ1) is 9.67. The van der Waals surface area contributed by atoms with Gasteiger partial charge in [-0.1, -0.05) is 0 Å². The highest BCUT2D eigenvalue weighted by Gasteiger charge is 2.60. The first-order valence-electron chi connectivity index (χ1n) is 7.40. The molecule has 7 heteroatoms. The van der Waals surface area contributed by atoms with Crippen LogP contribution >= 0.6 is 0 Å². The van der Waals surface area contributed by atoms with E-state index in [1.165, 1.54) is 0 Å². The highest BCUT2D eigenvalue weighted by Crippen LogP contribution is 2.60. The topological polar surface area (TPSA) is 91.8 Å². The third-order valence-electron chi connectivity index (χ3n) is 4.78. The van der Waals surface area contributed by atoms with Gasteiger partial charge in [-0.2, -0.15) is 0 Å². The van der Waals surface area contributed by atoms with Crippen molar-refractivity contribution in [1.29, 1.82) is 0 Å². The molecule has 6 nitrogen and oxygen atoms in total.